The van der Waals surface area contributed by atoms with Crippen molar-refractivity contribution in [3.05, 3.63) is 82.6 Å². The Morgan fingerprint density at radius 3 is 2.29 bits per heavy atom. The molecule has 3 nitrogen and oxygen atoms in total. The molecule has 0 aliphatic carbocycles. The lowest BCUT2D eigenvalue weighted by Gasteiger charge is -2.11. The molecule has 3 rings (SSSR count). The molecule has 0 aliphatic heterocycles. The van der Waals surface area contributed by atoms with E-state index in [4.69, 9.17) is 0 Å². The van der Waals surface area contributed by atoms with Crippen LogP contribution in [-0.4, -0.2) is 9.97 Å². The first-order valence-electron chi connectivity index (χ1n) is 6.68. The average Bonchev–Trinajstić information content (AvgIpc) is 2.52. The van der Waals surface area contributed by atoms with Gasteiger partial charge in [0.1, 0.15) is 0 Å². The second-order valence-corrected chi connectivity index (χ2v) is 5.59. The van der Waals surface area contributed by atoms with Crippen LogP contribution in [0.15, 0.2) is 71.5 Å². The lowest BCUT2D eigenvalue weighted by molar-refractivity contribution is 1.13. The van der Waals surface area contributed by atoms with Gasteiger partial charge in [0.15, 0.2) is 0 Å². The normalized spacial score (nSPS) is 10.3. The van der Waals surface area contributed by atoms with Gasteiger partial charge in [0.2, 0.25) is 5.95 Å². The summed E-state index contributed by atoms with van der Waals surface area (Å²) in [5, 5.41) is 3.28. The second kappa shape index (κ2) is 6.50. The zero-order chi connectivity index (χ0) is 14.5. The van der Waals surface area contributed by atoms with Gasteiger partial charge in [-0.1, -0.05) is 48.5 Å². The number of para-hydroxylation sites is 1. The fourth-order valence-corrected chi connectivity index (χ4v) is 2.31. The molecule has 104 valence electrons. The summed E-state index contributed by atoms with van der Waals surface area (Å²) >= 11 is 3.34. The van der Waals surface area contributed by atoms with Crippen molar-refractivity contribution in [2.45, 2.75) is 6.42 Å². The summed E-state index contributed by atoms with van der Waals surface area (Å²) in [6, 6.07) is 18.6. The van der Waals surface area contributed by atoms with Crippen LogP contribution >= 0.6 is 15.9 Å². The van der Waals surface area contributed by atoms with Gasteiger partial charge in [-0.15, -0.1) is 0 Å². The summed E-state index contributed by atoms with van der Waals surface area (Å²) < 4.78 is 0.866. The Hall–Kier alpha value is -2.20. The van der Waals surface area contributed by atoms with Crippen LogP contribution in [0, 0.1) is 0 Å². The third kappa shape index (κ3) is 3.67. The first kappa shape index (κ1) is 13.8. The molecule has 0 spiro atoms. The largest absolute Gasteiger partial charge is 0.324 e. The van der Waals surface area contributed by atoms with Crippen LogP contribution in [0.5, 0.6) is 0 Å². The van der Waals surface area contributed by atoms with Gasteiger partial charge < -0.3 is 5.32 Å². The quantitative estimate of drug-likeness (QED) is 0.756. The molecule has 0 saturated carbocycles. The Bertz CT molecular complexity index is 712. The van der Waals surface area contributed by atoms with Crippen LogP contribution in [-0.2, 0) is 6.42 Å². The molecule has 0 radical (unpaired) electrons. The fraction of sp³-hybridized carbons (Fsp3) is 0.0588. The van der Waals surface area contributed by atoms with Gasteiger partial charge in [-0.3, -0.25) is 0 Å². The zero-order valence-electron chi connectivity index (χ0n) is 11.3. The van der Waals surface area contributed by atoms with Gasteiger partial charge in [-0.2, -0.15) is 0 Å². The van der Waals surface area contributed by atoms with Crippen molar-refractivity contribution in [3.8, 4) is 0 Å². The molecule has 0 unspecified atom stereocenters. The molecule has 1 N–H and O–H groups in total. The van der Waals surface area contributed by atoms with E-state index in [1.165, 1.54) is 11.1 Å². The molecule has 0 aliphatic rings. The molecule has 2 aromatic carbocycles. The van der Waals surface area contributed by atoms with E-state index in [1.807, 2.05) is 24.3 Å². The number of benzene rings is 2. The standard InChI is InChI=1S/C17H14BrN3/c18-15-11-19-17(20-12-15)21-16-9-5-4-8-14(16)10-13-6-2-1-3-7-13/h1-9,11-12H,10H2,(H,19,20,21). The van der Waals surface area contributed by atoms with Gasteiger partial charge in [0.05, 0.1) is 4.47 Å². The molecule has 0 fully saturated rings. The summed E-state index contributed by atoms with van der Waals surface area (Å²) in [4.78, 5) is 8.51. The minimum atomic E-state index is 0.596. The van der Waals surface area contributed by atoms with Crippen molar-refractivity contribution < 1.29 is 0 Å². The van der Waals surface area contributed by atoms with Crippen LogP contribution in [0.3, 0.4) is 0 Å². The van der Waals surface area contributed by atoms with E-state index in [0.717, 1.165) is 16.6 Å². The second-order valence-electron chi connectivity index (χ2n) is 4.67. The van der Waals surface area contributed by atoms with Crippen LogP contribution < -0.4 is 5.32 Å². The van der Waals surface area contributed by atoms with Crippen molar-refractivity contribution in [3.63, 3.8) is 0 Å². The highest BCUT2D eigenvalue weighted by Crippen LogP contribution is 2.21. The number of aromatic nitrogens is 2. The Labute approximate surface area is 132 Å². The molecule has 4 heteroatoms. The third-order valence-electron chi connectivity index (χ3n) is 3.12. The Balaban J connectivity index is 1.84. The van der Waals surface area contributed by atoms with E-state index >= 15 is 0 Å². The van der Waals surface area contributed by atoms with E-state index < -0.39 is 0 Å². The maximum absolute atomic E-state index is 4.25. The van der Waals surface area contributed by atoms with Crippen LogP contribution in [0.2, 0.25) is 0 Å². The summed E-state index contributed by atoms with van der Waals surface area (Å²) in [6.45, 7) is 0. The number of rotatable bonds is 4. The molecule has 0 atom stereocenters. The Kier molecular flexibility index (Phi) is 4.26. The van der Waals surface area contributed by atoms with Gasteiger partial charge in [-0.05, 0) is 39.5 Å². The van der Waals surface area contributed by atoms with Crippen molar-refractivity contribution >= 4 is 27.6 Å². The minimum Gasteiger partial charge on any atom is -0.324 e. The number of nitrogens with zero attached hydrogens (tertiary/aromatic N) is 2. The van der Waals surface area contributed by atoms with Gasteiger partial charge in [0, 0.05) is 18.1 Å². The van der Waals surface area contributed by atoms with Gasteiger partial charge in [-0.25, -0.2) is 9.97 Å². The zero-order valence-corrected chi connectivity index (χ0v) is 12.9. The average molecular weight is 340 g/mol. The first-order valence-corrected chi connectivity index (χ1v) is 7.47. The SMILES string of the molecule is Brc1cnc(Nc2ccccc2Cc2ccccc2)nc1. The predicted octanol–water partition coefficient (Wildman–Crippen LogP) is 4.57. The Morgan fingerprint density at radius 2 is 1.52 bits per heavy atom. The number of anilines is 2. The maximum atomic E-state index is 4.25. The van der Waals surface area contributed by atoms with E-state index in [0.29, 0.717) is 5.95 Å². The molecule has 0 amide bonds. The van der Waals surface area contributed by atoms with E-state index in [2.05, 4.69) is 61.5 Å². The molecule has 21 heavy (non-hydrogen) atoms. The molecule has 3 aromatic rings. The van der Waals surface area contributed by atoms with Gasteiger partial charge in [0.25, 0.3) is 0 Å². The smallest absolute Gasteiger partial charge is 0.227 e. The topological polar surface area (TPSA) is 37.8 Å². The molecule has 0 bridgehead atoms. The van der Waals surface area contributed by atoms with Gasteiger partial charge >= 0.3 is 0 Å². The molecular formula is C17H14BrN3. The fourth-order valence-electron chi connectivity index (χ4n) is 2.11. The monoisotopic (exact) mass is 339 g/mol. The molecule has 1 heterocycles. The highest BCUT2D eigenvalue weighted by molar-refractivity contribution is 9.10. The highest BCUT2D eigenvalue weighted by Gasteiger charge is 2.04. The minimum absolute atomic E-state index is 0.596. The van der Waals surface area contributed by atoms with E-state index in [-0.39, 0.29) is 0 Å². The summed E-state index contributed by atoms with van der Waals surface area (Å²) in [5.74, 6) is 0.596. The number of halogens is 1. The molecule has 1 aromatic heterocycles. The molecule has 0 saturated heterocycles. The summed E-state index contributed by atoms with van der Waals surface area (Å²) in [6.07, 6.45) is 4.34. The van der Waals surface area contributed by atoms with Crippen molar-refractivity contribution in [2.24, 2.45) is 0 Å². The van der Waals surface area contributed by atoms with Crippen molar-refractivity contribution in [1.82, 2.24) is 9.97 Å². The third-order valence-corrected chi connectivity index (χ3v) is 3.53. The Morgan fingerprint density at radius 1 is 0.857 bits per heavy atom. The summed E-state index contributed by atoms with van der Waals surface area (Å²) in [7, 11) is 0. The number of hydrogen-bond donors (Lipinski definition) is 1. The van der Waals surface area contributed by atoms with Crippen molar-refractivity contribution in [1.29, 1.82) is 0 Å². The number of hydrogen-bond acceptors (Lipinski definition) is 3. The highest BCUT2D eigenvalue weighted by atomic mass is 79.9. The van der Waals surface area contributed by atoms with Crippen LogP contribution in [0.1, 0.15) is 11.1 Å². The summed E-state index contributed by atoms with van der Waals surface area (Å²) in [5.41, 5.74) is 3.53. The van der Waals surface area contributed by atoms with Crippen LogP contribution in [0.25, 0.3) is 0 Å². The van der Waals surface area contributed by atoms with Crippen LogP contribution in [0.4, 0.5) is 11.6 Å². The number of nitrogens with one attached hydrogen (secondary N) is 1. The maximum Gasteiger partial charge on any atom is 0.227 e. The molecular weight excluding hydrogens is 326 g/mol. The predicted molar refractivity (Wildman–Crippen MR) is 88.7 cm³/mol. The lowest BCUT2D eigenvalue weighted by Crippen LogP contribution is -2.00. The van der Waals surface area contributed by atoms with E-state index in [1.54, 1.807) is 12.4 Å². The van der Waals surface area contributed by atoms with Crippen molar-refractivity contribution in [2.75, 3.05) is 5.32 Å². The van der Waals surface area contributed by atoms with E-state index in [9.17, 15) is 0 Å². The first-order chi connectivity index (χ1) is 10.3. The lowest BCUT2D eigenvalue weighted by atomic mass is 10.0.